The molecule has 156 valence electrons. The summed E-state index contributed by atoms with van der Waals surface area (Å²) >= 11 is 0. The Kier molecular flexibility index (Phi) is 9.55. The number of carbonyl (C=O) groups is 1. The lowest BCUT2D eigenvalue weighted by Crippen LogP contribution is -2.41. The van der Waals surface area contributed by atoms with E-state index < -0.39 is 0 Å². The molecule has 0 aliphatic rings. The molecule has 0 aliphatic carbocycles. The van der Waals surface area contributed by atoms with Crippen LogP contribution in [0.1, 0.15) is 42.1 Å². The largest absolute Gasteiger partial charge is 0.497 e. The van der Waals surface area contributed by atoms with Gasteiger partial charge in [-0.25, -0.2) is 0 Å². The van der Waals surface area contributed by atoms with Crippen LogP contribution in [0.3, 0.4) is 0 Å². The van der Waals surface area contributed by atoms with Crippen LogP contribution in [0, 0.1) is 0 Å². The van der Waals surface area contributed by atoms with E-state index in [2.05, 4.69) is 40.0 Å². The summed E-state index contributed by atoms with van der Waals surface area (Å²) in [5.41, 5.74) is 1.95. The Bertz CT molecular complexity index is 760. The summed E-state index contributed by atoms with van der Waals surface area (Å²) in [6.45, 7) is 6.89. The molecule has 1 amide bonds. The van der Waals surface area contributed by atoms with Gasteiger partial charge < -0.3 is 20.7 Å². The summed E-state index contributed by atoms with van der Waals surface area (Å²) < 4.78 is 5.21. The minimum Gasteiger partial charge on any atom is -0.497 e. The smallest absolute Gasteiger partial charge is 0.251 e. The zero-order chi connectivity index (χ0) is 20.9. The zero-order valence-corrected chi connectivity index (χ0v) is 17.6. The molecular formula is C23H32N4O2. The second-order valence-corrected chi connectivity index (χ2v) is 6.77. The summed E-state index contributed by atoms with van der Waals surface area (Å²) in [6.07, 6.45) is 0.952. The van der Waals surface area contributed by atoms with Crippen molar-refractivity contribution in [3.05, 3.63) is 65.7 Å². The maximum Gasteiger partial charge on any atom is 0.251 e. The number of guanidine groups is 1. The van der Waals surface area contributed by atoms with Crippen molar-refractivity contribution < 1.29 is 9.53 Å². The molecule has 3 N–H and O–H groups in total. The number of amides is 1. The summed E-state index contributed by atoms with van der Waals surface area (Å²) in [5, 5.41) is 9.41. The first-order chi connectivity index (χ1) is 14.1. The van der Waals surface area contributed by atoms with Crippen molar-refractivity contribution in [2.24, 2.45) is 4.99 Å². The van der Waals surface area contributed by atoms with Crippen LogP contribution in [-0.2, 0) is 0 Å². The molecule has 0 aromatic heterocycles. The molecule has 0 saturated carbocycles. The third kappa shape index (κ3) is 7.86. The van der Waals surface area contributed by atoms with Crippen molar-refractivity contribution in [3.8, 4) is 5.75 Å². The van der Waals surface area contributed by atoms with Gasteiger partial charge in [0, 0.05) is 31.7 Å². The number of aliphatic imine (C=N–C) groups is 1. The quantitative estimate of drug-likeness (QED) is 0.328. The van der Waals surface area contributed by atoms with E-state index in [1.54, 1.807) is 19.2 Å². The first-order valence-electron chi connectivity index (χ1n) is 10.1. The van der Waals surface area contributed by atoms with Gasteiger partial charge in [0.05, 0.1) is 7.11 Å². The van der Waals surface area contributed by atoms with E-state index in [1.165, 1.54) is 5.56 Å². The lowest BCUT2D eigenvalue weighted by atomic mass is 9.98. The number of methoxy groups -OCH3 is 1. The highest BCUT2D eigenvalue weighted by Gasteiger charge is 2.06. The van der Waals surface area contributed by atoms with Crippen LogP contribution in [0.5, 0.6) is 5.75 Å². The van der Waals surface area contributed by atoms with Crippen molar-refractivity contribution in [1.82, 2.24) is 16.0 Å². The molecule has 2 aromatic rings. The van der Waals surface area contributed by atoms with Gasteiger partial charge >= 0.3 is 0 Å². The normalized spacial score (nSPS) is 12.2. The minimum atomic E-state index is -0.0670. The Morgan fingerprint density at radius 1 is 1.00 bits per heavy atom. The standard InChI is InChI=1S/C23H32N4O2/c1-4-24-23(27-17-16-25-22(28)20-8-6-5-7-9-20)26-15-14-18(2)19-10-12-21(29-3)13-11-19/h5-13,18H,4,14-17H2,1-3H3,(H,25,28)(H2,24,26,27). The summed E-state index contributed by atoms with van der Waals surface area (Å²) in [6, 6.07) is 17.4. The van der Waals surface area contributed by atoms with Gasteiger partial charge in [0.2, 0.25) is 0 Å². The van der Waals surface area contributed by atoms with Gasteiger partial charge in [-0.2, -0.15) is 0 Å². The van der Waals surface area contributed by atoms with Gasteiger partial charge in [-0.1, -0.05) is 37.3 Å². The summed E-state index contributed by atoms with van der Waals surface area (Å²) in [5.74, 6) is 1.99. The van der Waals surface area contributed by atoms with Gasteiger partial charge in [-0.05, 0) is 49.1 Å². The van der Waals surface area contributed by atoms with E-state index in [0.29, 0.717) is 24.6 Å². The van der Waals surface area contributed by atoms with Crippen molar-refractivity contribution in [2.75, 3.05) is 33.3 Å². The number of rotatable bonds is 10. The first kappa shape index (κ1) is 22.3. The number of nitrogens with one attached hydrogen (secondary N) is 3. The molecule has 6 heteroatoms. The van der Waals surface area contributed by atoms with Crippen molar-refractivity contribution in [3.63, 3.8) is 0 Å². The van der Waals surface area contributed by atoms with E-state index in [4.69, 9.17) is 4.74 Å². The predicted octanol–water partition coefficient (Wildman–Crippen LogP) is 3.17. The third-order valence-corrected chi connectivity index (χ3v) is 4.60. The van der Waals surface area contributed by atoms with Crippen LogP contribution in [0.2, 0.25) is 0 Å². The van der Waals surface area contributed by atoms with E-state index in [9.17, 15) is 4.79 Å². The topological polar surface area (TPSA) is 74.8 Å². The van der Waals surface area contributed by atoms with Gasteiger partial charge in [0.15, 0.2) is 5.96 Å². The molecule has 2 rings (SSSR count). The Morgan fingerprint density at radius 3 is 2.34 bits per heavy atom. The highest BCUT2D eigenvalue weighted by atomic mass is 16.5. The molecule has 6 nitrogen and oxygen atoms in total. The Balaban J connectivity index is 1.74. The van der Waals surface area contributed by atoms with Gasteiger partial charge in [0.1, 0.15) is 5.75 Å². The van der Waals surface area contributed by atoms with E-state index in [0.717, 1.165) is 31.2 Å². The predicted molar refractivity (Wildman–Crippen MR) is 119 cm³/mol. The Labute approximate surface area is 173 Å². The Morgan fingerprint density at radius 2 is 1.69 bits per heavy atom. The second kappa shape index (κ2) is 12.4. The first-order valence-corrected chi connectivity index (χ1v) is 10.1. The fourth-order valence-corrected chi connectivity index (χ4v) is 2.86. The highest BCUT2D eigenvalue weighted by Crippen LogP contribution is 2.21. The fraction of sp³-hybridized carbons (Fsp3) is 0.391. The van der Waals surface area contributed by atoms with E-state index >= 15 is 0 Å². The molecule has 0 radical (unpaired) electrons. The van der Waals surface area contributed by atoms with Gasteiger partial charge in [0.25, 0.3) is 5.91 Å². The molecule has 2 aromatic carbocycles. The average molecular weight is 397 g/mol. The van der Waals surface area contributed by atoms with E-state index in [-0.39, 0.29) is 5.91 Å². The van der Waals surface area contributed by atoms with Crippen molar-refractivity contribution in [1.29, 1.82) is 0 Å². The van der Waals surface area contributed by atoms with Crippen LogP contribution >= 0.6 is 0 Å². The van der Waals surface area contributed by atoms with Crippen molar-refractivity contribution >= 4 is 11.9 Å². The number of ether oxygens (including phenoxy) is 1. The summed E-state index contributed by atoms with van der Waals surface area (Å²) in [7, 11) is 1.68. The lowest BCUT2D eigenvalue weighted by molar-refractivity contribution is 0.0954. The molecule has 1 atom stereocenters. The SMILES string of the molecule is CCNC(=NCCC(C)c1ccc(OC)cc1)NCCNC(=O)c1ccccc1. The van der Waals surface area contributed by atoms with Crippen LogP contribution in [0.25, 0.3) is 0 Å². The highest BCUT2D eigenvalue weighted by molar-refractivity contribution is 5.94. The third-order valence-electron chi connectivity index (χ3n) is 4.60. The lowest BCUT2D eigenvalue weighted by Gasteiger charge is -2.14. The molecule has 0 saturated heterocycles. The van der Waals surface area contributed by atoms with Gasteiger partial charge in [-0.3, -0.25) is 9.79 Å². The monoisotopic (exact) mass is 396 g/mol. The van der Waals surface area contributed by atoms with E-state index in [1.807, 2.05) is 37.3 Å². The average Bonchev–Trinajstić information content (AvgIpc) is 2.77. The number of benzene rings is 2. The molecule has 1 unspecified atom stereocenters. The fourth-order valence-electron chi connectivity index (χ4n) is 2.86. The molecule has 0 heterocycles. The maximum absolute atomic E-state index is 12.0. The number of hydrogen-bond acceptors (Lipinski definition) is 3. The van der Waals surface area contributed by atoms with Crippen molar-refractivity contribution in [2.45, 2.75) is 26.2 Å². The molecule has 0 fully saturated rings. The zero-order valence-electron chi connectivity index (χ0n) is 17.6. The van der Waals surface area contributed by atoms with Crippen LogP contribution < -0.4 is 20.7 Å². The Hall–Kier alpha value is -3.02. The van der Waals surface area contributed by atoms with Crippen LogP contribution in [0.15, 0.2) is 59.6 Å². The minimum absolute atomic E-state index is 0.0670. The van der Waals surface area contributed by atoms with Crippen LogP contribution in [0.4, 0.5) is 0 Å². The molecule has 0 aliphatic heterocycles. The summed E-state index contributed by atoms with van der Waals surface area (Å²) in [4.78, 5) is 16.7. The number of carbonyl (C=O) groups excluding carboxylic acids is 1. The van der Waals surface area contributed by atoms with Crippen LogP contribution in [-0.4, -0.2) is 45.2 Å². The number of nitrogens with zero attached hydrogens (tertiary/aromatic N) is 1. The second-order valence-electron chi connectivity index (χ2n) is 6.77. The van der Waals surface area contributed by atoms with Gasteiger partial charge in [-0.15, -0.1) is 0 Å². The molecular weight excluding hydrogens is 364 g/mol. The number of hydrogen-bond donors (Lipinski definition) is 3. The molecule has 0 spiro atoms. The maximum atomic E-state index is 12.0. The molecule has 29 heavy (non-hydrogen) atoms. The molecule has 0 bridgehead atoms.